The molecule has 2 heterocycles. The largest absolute Gasteiger partial charge is 0.490 e. The first-order chi connectivity index (χ1) is 13.1. The molecule has 1 aliphatic rings. The molecule has 2 unspecified atom stereocenters. The van der Waals surface area contributed by atoms with E-state index >= 15 is 0 Å². The number of rotatable bonds is 6. The van der Waals surface area contributed by atoms with Crippen LogP contribution in [0.1, 0.15) is 36.7 Å². The number of carbonyl (C=O) groups is 1. The number of pyridine rings is 1. The minimum absolute atomic E-state index is 0.0163. The molecule has 27 heavy (non-hydrogen) atoms. The minimum Gasteiger partial charge on any atom is -0.490 e. The maximum atomic E-state index is 13.0. The summed E-state index contributed by atoms with van der Waals surface area (Å²) in [6.07, 6.45) is 3.53. The number of hydrogen-bond acceptors (Lipinski definition) is 5. The van der Waals surface area contributed by atoms with Crippen LogP contribution >= 0.6 is 0 Å². The van der Waals surface area contributed by atoms with Crippen LogP contribution in [0.2, 0.25) is 0 Å². The van der Waals surface area contributed by atoms with Gasteiger partial charge in [0.1, 0.15) is 6.61 Å². The summed E-state index contributed by atoms with van der Waals surface area (Å²) < 4.78 is 17.2. The van der Waals surface area contributed by atoms with E-state index in [1.165, 1.54) is 0 Å². The molecule has 1 fully saturated rings. The Hall–Kier alpha value is -2.60. The van der Waals surface area contributed by atoms with Gasteiger partial charge in [-0.25, -0.2) is 0 Å². The third-order valence-electron chi connectivity index (χ3n) is 4.48. The first-order valence-corrected chi connectivity index (χ1v) is 9.29. The quantitative estimate of drug-likeness (QED) is 0.781. The Labute approximate surface area is 160 Å². The molecule has 2 atom stereocenters. The lowest BCUT2D eigenvalue weighted by Crippen LogP contribution is -2.50. The molecule has 0 spiro atoms. The molecule has 0 bridgehead atoms. The van der Waals surface area contributed by atoms with Crippen molar-refractivity contribution in [1.29, 1.82) is 0 Å². The second-order valence-corrected chi connectivity index (χ2v) is 6.69. The fraction of sp³-hybridized carbons (Fsp3) is 0.429. The summed E-state index contributed by atoms with van der Waals surface area (Å²) >= 11 is 0. The molecule has 6 nitrogen and oxygen atoms in total. The molecule has 3 rings (SSSR count). The Morgan fingerprint density at radius 2 is 2.11 bits per heavy atom. The number of benzene rings is 1. The van der Waals surface area contributed by atoms with Gasteiger partial charge in [-0.3, -0.25) is 9.78 Å². The predicted molar refractivity (Wildman–Crippen MR) is 102 cm³/mol. The molecule has 1 aliphatic heterocycles. The summed E-state index contributed by atoms with van der Waals surface area (Å²) in [4.78, 5) is 18.9. The van der Waals surface area contributed by atoms with E-state index in [2.05, 4.69) is 4.98 Å². The van der Waals surface area contributed by atoms with Crippen molar-refractivity contribution in [1.82, 2.24) is 9.88 Å². The standard InChI is InChI=1S/C21H26N2O4/c1-4-25-20-10-18(21(24)23-12-16(3)26-13-15(23)2)7-8-19(20)27-14-17-6-5-9-22-11-17/h5-11,15-16H,4,12-14H2,1-3H3. The lowest BCUT2D eigenvalue weighted by atomic mass is 10.1. The SMILES string of the molecule is CCOc1cc(C(=O)N2CC(C)OCC2C)ccc1OCc1cccnc1. The van der Waals surface area contributed by atoms with E-state index in [4.69, 9.17) is 14.2 Å². The number of ether oxygens (including phenoxy) is 3. The van der Waals surface area contributed by atoms with E-state index in [1.54, 1.807) is 30.6 Å². The third kappa shape index (κ3) is 4.77. The first-order valence-electron chi connectivity index (χ1n) is 9.29. The smallest absolute Gasteiger partial charge is 0.254 e. The van der Waals surface area contributed by atoms with Crippen molar-refractivity contribution in [2.75, 3.05) is 19.8 Å². The molecule has 0 N–H and O–H groups in total. The Bertz CT molecular complexity index is 766. The number of amides is 1. The van der Waals surface area contributed by atoms with Gasteiger partial charge < -0.3 is 19.1 Å². The number of hydrogen-bond donors (Lipinski definition) is 0. The van der Waals surface area contributed by atoms with Gasteiger partial charge in [0, 0.05) is 30.1 Å². The summed E-state index contributed by atoms with van der Waals surface area (Å²) in [7, 11) is 0. The van der Waals surface area contributed by atoms with Gasteiger partial charge in [0.05, 0.1) is 25.4 Å². The molecule has 144 valence electrons. The molecule has 0 aliphatic carbocycles. The Balaban J connectivity index is 1.77. The molecule has 1 aromatic heterocycles. The van der Waals surface area contributed by atoms with Crippen LogP contribution in [-0.4, -0.2) is 47.7 Å². The zero-order valence-corrected chi connectivity index (χ0v) is 16.1. The Morgan fingerprint density at radius 1 is 1.26 bits per heavy atom. The molecule has 0 saturated carbocycles. The molecule has 1 amide bonds. The molecule has 1 saturated heterocycles. The van der Waals surface area contributed by atoms with Gasteiger partial charge in [0.2, 0.25) is 0 Å². The van der Waals surface area contributed by atoms with Crippen LogP contribution in [0.5, 0.6) is 11.5 Å². The molecule has 1 aromatic carbocycles. The van der Waals surface area contributed by atoms with Crippen LogP contribution in [0.25, 0.3) is 0 Å². The highest BCUT2D eigenvalue weighted by Crippen LogP contribution is 2.30. The summed E-state index contributed by atoms with van der Waals surface area (Å²) in [6.45, 7) is 7.91. The van der Waals surface area contributed by atoms with Crippen molar-refractivity contribution in [2.45, 2.75) is 39.5 Å². The van der Waals surface area contributed by atoms with Crippen molar-refractivity contribution >= 4 is 5.91 Å². The topological polar surface area (TPSA) is 60.9 Å². The molecular formula is C21H26N2O4. The Kier molecular flexibility index (Phi) is 6.29. The normalized spacial score (nSPS) is 19.6. The van der Waals surface area contributed by atoms with Crippen LogP contribution in [0.15, 0.2) is 42.7 Å². The van der Waals surface area contributed by atoms with E-state index in [-0.39, 0.29) is 18.1 Å². The van der Waals surface area contributed by atoms with Gasteiger partial charge in [-0.05, 0) is 45.0 Å². The second kappa shape index (κ2) is 8.86. The molecule has 2 aromatic rings. The van der Waals surface area contributed by atoms with E-state index in [9.17, 15) is 4.79 Å². The number of carbonyl (C=O) groups excluding carboxylic acids is 1. The Morgan fingerprint density at radius 3 is 2.85 bits per heavy atom. The van der Waals surface area contributed by atoms with Crippen molar-refractivity contribution < 1.29 is 19.0 Å². The third-order valence-corrected chi connectivity index (χ3v) is 4.48. The molecule has 6 heteroatoms. The fourth-order valence-electron chi connectivity index (χ4n) is 3.03. The van der Waals surface area contributed by atoms with Gasteiger partial charge in [0.15, 0.2) is 11.5 Å². The molecule has 0 radical (unpaired) electrons. The lowest BCUT2D eigenvalue weighted by molar-refractivity contribution is -0.0387. The maximum absolute atomic E-state index is 13.0. The zero-order valence-electron chi connectivity index (χ0n) is 16.1. The predicted octanol–water partition coefficient (Wildman–Crippen LogP) is 3.31. The minimum atomic E-state index is -0.0163. The van der Waals surface area contributed by atoms with Crippen LogP contribution in [0, 0.1) is 0 Å². The highest BCUT2D eigenvalue weighted by atomic mass is 16.5. The second-order valence-electron chi connectivity index (χ2n) is 6.69. The zero-order chi connectivity index (χ0) is 19.2. The van der Waals surface area contributed by atoms with Crippen molar-refractivity contribution in [2.24, 2.45) is 0 Å². The average Bonchev–Trinajstić information content (AvgIpc) is 2.69. The summed E-state index contributed by atoms with van der Waals surface area (Å²) in [5.74, 6) is 1.17. The lowest BCUT2D eigenvalue weighted by Gasteiger charge is -2.36. The van der Waals surface area contributed by atoms with Crippen molar-refractivity contribution in [3.8, 4) is 11.5 Å². The van der Waals surface area contributed by atoms with Gasteiger partial charge >= 0.3 is 0 Å². The number of morpholine rings is 1. The van der Waals surface area contributed by atoms with E-state index in [1.807, 2.05) is 37.8 Å². The monoisotopic (exact) mass is 370 g/mol. The van der Waals surface area contributed by atoms with Crippen LogP contribution in [0.4, 0.5) is 0 Å². The molecular weight excluding hydrogens is 344 g/mol. The number of aromatic nitrogens is 1. The highest BCUT2D eigenvalue weighted by Gasteiger charge is 2.28. The van der Waals surface area contributed by atoms with E-state index in [0.29, 0.717) is 43.4 Å². The van der Waals surface area contributed by atoms with E-state index < -0.39 is 0 Å². The van der Waals surface area contributed by atoms with Crippen LogP contribution in [0.3, 0.4) is 0 Å². The first kappa shape index (κ1) is 19.2. The van der Waals surface area contributed by atoms with Gasteiger partial charge in [0.25, 0.3) is 5.91 Å². The fourth-order valence-corrected chi connectivity index (χ4v) is 3.03. The van der Waals surface area contributed by atoms with Crippen LogP contribution in [-0.2, 0) is 11.3 Å². The average molecular weight is 370 g/mol. The van der Waals surface area contributed by atoms with Gasteiger partial charge in [-0.15, -0.1) is 0 Å². The summed E-state index contributed by atoms with van der Waals surface area (Å²) in [5.41, 5.74) is 1.56. The van der Waals surface area contributed by atoms with Crippen molar-refractivity contribution in [3.63, 3.8) is 0 Å². The summed E-state index contributed by atoms with van der Waals surface area (Å²) in [6, 6.07) is 9.21. The summed E-state index contributed by atoms with van der Waals surface area (Å²) in [5, 5.41) is 0. The van der Waals surface area contributed by atoms with Gasteiger partial charge in [-0.1, -0.05) is 6.07 Å². The maximum Gasteiger partial charge on any atom is 0.254 e. The highest BCUT2D eigenvalue weighted by molar-refractivity contribution is 5.95. The van der Waals surface area contributed by atoms with Crippen molar-refractivity contribution in [3.05, 3.63) is 53.9 Å². The number of nitrogens with zero attached hydrogens (tertiary/aromatic N) is 2. The van der Waals surface area contributed by atoms with Crippen LogP contribution < -0.4 is 9.47 Å². The van der Waals surface area contributed by atoms with E-state index in [0.717, 1.165) is 5.56 Å². The van der Waals surface area contributed by atoms with Gasteiger partial charge in [-0.2, -0.15) is 0 Å².